The van der Waals surface area contributed by atoms with Crippen molar-refractivity contribution in [2.24, 2.45) is 0 Å². The highest BCUT2D eigenvalue weighted by molar-refractivity contribution is 5.78. The van der Waals surface area contributed by atoms with E-state index in [2.05, 4.69) is 5.10 Å². The first-order valence-corrected chi connectivity index (χ1v) is 8.00. The number of ether oxygens (including phenoxy) is 1. The molecular weight excluding hydrogens is 300 g/mol. The number of aromatic nitrogens is 2. The molecule has 0 aliphatic carbocycles. The minimum atomic E-state index is -0.170. The van der Waals surface area contributed by atoms with Crippen molar-refractivity contribution in [3.63, 3.8) is 0 Å². The number of nitrogens with zero attached hydrogens (tertiary/aromatic N) is 4. The molecule has 1 unspecified atom stereocenters. The summed E-state index contributed by atoms with van der Waals surface area (Å²) in [5.41, 5.74) is 0.932. The van der Waals surface area contributed by atoms with Crippen LogP contribution in [0.1, 0.15) is 31.5 Å². The molecule has 1 aromatic rings. The van der Waals surface area contributed by atoms with Crippen LogP contribution in [0.4, 0.5) is 0 Å². The topological polar surface area (TPSA) is 76.9 Å². The maximum Gasteiger partial charge on any atom is 0.248 e. The number of hydrogen-bond acceptors (Lipinski definition) is 5. The van der Waals surface area contributed by atoms with Gasteiger partial charge in [-0.15, -0.1) is 0 Å². The molecule has 1 saturated heterocycles. The van der Waals surface area contributed by atoms with E-state index in [1.807, 2.05) is 17.7 Å². The predicted molar refractivity (Wildman–Crippen MR) is 80.1 cm³/mol. The summed E-state index contributed by atoms with van der Waals surface area (Å²) in [6.07, 6.45) is 2.84. The van der Waals surface area contributed by atoms with Crippen molar-refractivity contribution in [2.75, 3.05) is 32.9 Å². The van der Waals surface area contributed by atoms with Gasteiger partial charge in [0.1, 0.15) is 6.61 Å². The average molecular weight is 322 g/mol. The molecule has 0 aromatic carbocycles. The number of carbonyl (C=O) groups is 2. The minimum Gasteiger partial charge on any atom is -0.372 e. The van der Waals surface area contributed by atoms with Crippen LogP contribution in [0, 0.1) is 0 Å². The Morgan fingerprint density at radius 2 is 2.30 bits per heavy atom. The van der Waals surface area contributed by atoms with Gasteiger partial charge in [-0.2, -0.15) is 5.10 Å². The molecule has 126 valence electrons. The summed E-state index contributed by atoms with van der Waals surface area (Å²) in [4.78, 5) is 31.6. The van der Waals surface area contributed by atoms with E-state index in [0.29, 0.717) is 32.8 Å². The van der Waals surface area contributed by atoms with Gasteiger partial charge in [0.2, 0.25) is 11.8 Å². The lowest BCUT2D eigenvalue weighted by Gasteiger charge is -2.34. The Balaban J connectivity index is 1.68. The van der Waals surface area contributed by atoms with Crippen molar-refractivity contribution in [1.82, 2.24) is 19.7 Å². The summed E-state index contributed by atoms with van der Waals surface area (Å²) in [7, 11) is 0. The third-order valence-corrected chi connectivity index (χ3v) is 4.11. The Labute approximate surface area is 134 Å². The monoisotopic (exact) mass is 322 g/mol. The van der Waals surface area contributed by atoms with E-state index in [1.165, 1.54) is 5.06 Å². The van der Waals surface area contributed by atoms with Crippen molar-refractivity contribution < 1.29 is 19.2 Å². The second-order valence-electron chi connectivity index (χ2n) is 5.72. The number of amides is 2. The molecule has 0 N–H and O–H groups in total. The van der Waals surface area contributed by atoms with E-state index in [-0.39, 0.29) is 30.9 Å². The highest BCUT2D eigenvalue weighted by Gasteiger charge is 2.32. The van der Waals surface area contributed by atoms with Gasteiger partial charge in [0.25, 0.3) is 0 Å². The van der Waals surface area contributed by atoms with Crippen LogP contribution in [-0.2, 0) is 25.7 Å². The van der Waals surface area contributed by atoms with Crippen LogP contribution < -0.4 is 0 Å². The van der Waals surface area contributed by atoms with Crippen LogP contribution in [0.25, 0.3) is 0 Å². The summed E-state index contributed by atoms with van der Waals surface area (Å²) >= 11 is 0. The van der Waals surface area contributed by atoms with Crippen LogP contribution in [0.3, 0.4) is 0 Å². The molecule has 1 atom stereocenters. The minimum absolute atomic E-state index is 0.0610. The summed E-state index contributed by atoms with van der Waals surface area (Å²) in [6.45, 7) is 4.60. The van der Waals surface area contributed by atoms with Crippen LogP contribution in [-0.4, -0.2) is 64.5 Å². The van der Waals surface area contributed by atoms with Gasteiger partial charge in [-0.1, -0.05) is 0 Å². The first-order valence-electron chi connectivity index (χ1n) is 8.00. The molecule has 0 radical (unpaired) electrons. The molecule has 23 heavy (non-hydrogen) atoms. The van der Waals surface area contributed by atoms with E-state index >= 15 is 0 Å². The standard InChI is InChI=1S/C15H22N4O4/c1-2-22-11-15(21)17-9-12-4-5-16-19(12)13(10-17)8-14(20)18-6-3-7-23-18/h4-5,13H,2-3,6-11H2,1H3. The van der Waals surface area contributed by atoms with Crippen LogP contribution in [0.5, 0.6) is 0 Å². The van der Waals surface area contributed by atoms with E-state index in [0.717, 1.165) is 12.1 Å². The Morgan fingerprint density at radius 1 is 1.43 bits per heavy atom. The molecule has 1 aromatic heterocycles. The van der Waals surface area contributed by atoms with Gasteiger partial charge in [0, 0.05) is 19.3 Å². The average Bonchev–Trinajstić information content (AvgIpc) is 3.23. The second kappa shape index (κ2) is 7.10. The second-order valence-corrected chi connectivity index (χ2v) is 5.72. The maximum atomic E-state index is 12.3. The van der Waals surface area contributed by atoms with Crippen molar-refractivity contribution in [3.8, 4) is 0 Å². The SMILES string of the molecule is CCOCC(=O)N1Cc2ccnn2C(CC(=O)N2CCCO2)C1. The van der Waals surface area contributed by atoms with E-state index in [9.17, 15) is 9.59 Å². The van der Waals surface area contributed by atoms with E-state index < -0.39 is 0 Å². The zero-order valence-corrected chi connectivity index (χ0v) is 13.3. The van der Waals surface area contributed by atoms with E-state index in [1.54, 1.807) is 11.1 Å². The Morgan fingerprint density at radius 3 is 3.04 bits per heavy atom. The fourth-order valence-corrected chi connectivity index (χ4v) is 2.96. The summed E-state index contributed by atoms with van der Waals surface area (Å²) in [5, 5.41) is 5.73. The van der Waals surface area contributed by atoms with Gasteiger partial charge in [-0.25, -0.2) is 5.06 Å². The highest BCUT2D eigenvalue weighted by Crippen LogP contribution is 2.24. The van der Waals surface area contributed by atoms with Gasteiger partial charge in [0.05, 0.1) is 37.9 Å². The number of hydroxylamine groups is 2. The molecule has 3 heterocycles. The van der Waals surface area contributed by atoms with Gasteiger partial charge in [-0.05, 0) is 19.4 Å². The van der Waals surface area contributed by atoms with Gasteiger partial charge in [0.15, 0.2) is 0 Å². The lowest BCUT2D eigenvalue weighted by molar-refractivity contribution is -0.170. The lowest BCUT2D eigenvalue weighted by Crippen LogP contribution is -2.44. The molecule has 8 nitrogen and oxygen atoms in total. The normalized spacial score (nSPS) is 20.7. The molecule has 1 fully saturated rings. The smallest absolute Gasteiger partial charge is 0.248 e. The van der Waals surface area contributed by atoms with Crippen molar-refractivity contribution in [2.45, 2.75) is 32.4 Å². The first kappa shape index (κ1) is 15.9. The molecule has 0 saturated carbocycles. The van der Waals surface area contributed by atoms with E-state index in [4.69, 9.17) is 9.57 Å². The summed E-state index contributed by atoms with van der Waals surface area (Å²) in [6, 6.07) is 1.71. The quantitative estimate of drug-likeness (QED) is 0.782. The summed E-state index contributed by atoms with van der Waals surface area (Å²) < 4.78 is 7.05. The number of hydrogen-bond donors (Lipinski definition) is 0. The Kier molecular flexibility index (Phi) is 4.92. The van der Waals surface area contributed by atoms with Crippen molar-refractivity contribution in [3.05, 3.63) is 18.0 Å². The van der Waals surface area contributed by atoms with Crippen LogP contribution in [0.2, 0.25) is 0 Å². The van der Waals surface area contributed by atoms with Crippen molar-refractivity contribution in [1.29, 1.82) is 0 Å². The maximum absolute atomic E-state index is 12.3. The fraction of sp³-hybridized carbons (Fsp3) is 0.667. The molecule has 2 aliphatic rings. The third kappa shape index (κ3) is 3.53. The highest BCUT2D eigenvalue weighted by atomic mass is 16.7. The zero-order valence-electron chi connectivity index (χ0n) is 13.3. The number of carbonyl (C=O) groups excluding carboxylic acids is 2. The Bertz CT molecular complexity index is 568. The molecule has 0 spiro atoms. The zero-order chi connectivity index (χ0) is 16.2. The first-order chi connectivity index (χ1) is 11.2. The van der Waals surface area contributed by atoms with Gasteiger partial charge >= 0.3 is 0 Å². The van der Waals surface area contributed by atoms with Gasteiger partial charge < -0.3 is 9.64 Å². The largest absolute Gasteiger partial charge is 0.372 e. The number of rotatable bonds is 5. The van der Waals surface area contributed by atoms with Crippen LogP contribution >= 0.6 is 0 Å². The molecule has 3 rings (SSSR count). The molecule has 0 bridgehead atoms. The molecule has 2 aliphatic heterocycles. The predicted octanol–water partition coefficient (Wildman–Crippen LogP) is 0.357. The van der Waals surface area contributed by atoms with Gasteiger partial charge in [-0.3, -0.25) is 19.1 Å². The molecule has 8 heteroatoms. The third-order valence-electron chi connectivity index (χ3n) is 4.11. The Hall–Kier alpha value is -1.93. The number of fused-ring (bicyclic) bond motifs is 1. The lowest BCUT2D eigenvalue weighted by atomic mass is 10.1. The van der Waals surface area contributed by atoms with Crippen molar-refractivity contribution >= 4 is 11.8 Å². The molecule has 2 amide bonds. The summed E-state index contributed by atoms with van der Waals surface area (Å²) in [5.74, 6) is -0.123. The fourth-order valence-electron chi connectivity index (χ4n) is 2.96. The molecular formula is C15H22N4O4. The van der Waals surface area contributed by atoms with Crippen LogP contribution in [0.15, 0.2) is 12.3 Å².